The average molecular weight is 229 g/mol. The number of nitrogens with one attached hydrogen (secondary N) is 1. The Hall–Kier alpha value is -1.98. The standard InChI is InChI=1S/C10H10F3N3/c1-2-15-16-9(14)7-4-3-5-8(6-7)10(11,12)13/h2-6,15H,1H2,(H2,14,16). The fraction of sp³-hybridized carbons (Fsp3) is 0.100. The zero-order chi connectivity index (χ0) is 12.2. The molecule has 0 saturated carbocycles. The van der Waals surface area contributed by atoms with Gasteiger partial charge in [0.2, 0.25) is 0 Å². The number of amidine groups is 1. The Bertz CT molecular complexity index is 410. The molecule has 1 rings (SSSR count). The predicted octanol–water partition coefficient (Wildman–Crippen LogP) is 2.06. The first-order valence-corrected chi connectivity index (χ1v) is 4.32. The van der Waals surface area contributed by atoms with Crippen molar-refractivity contribution in [2.45, 2.75) is 6.18 Å². The molecule has 0 fully saturated rings. The molecule has 0 aromatic heterocycles. The fourth-order valence-corrected chi connectivity index (χ4v) is 1.03. The van der Waals surface area contributed by atoms with Crippen LogP contribution in [0.3, 0.4) is 0 Å². The maximum atomic E-state index is 12.4. The molecule has 0 spiro atoms. The highest BCUT2D eigenvalue weighted by molar-refractivity contribution is 5.97. The summed E-state index contributed by atoms with van der Waals surface area (Å²) >= 11 is 0. The van der Waals surface area contributed by atoms with Crippen LogP contribution in [-0.4, -0.2) is 5.84 Å². The lowest BCUT2D eigenvalue weighted by Crippen LogP contribution is -2.17. The zero-order valence-electron chi connectivity index (χ0n) is 8.25. The van der Waals surface area contributed by atoms with Crippen LogP contribution in [0.15, 0.2) is 42.1 Å². The Balaban J connectivity index is 3.03. The summed E-state index contributed by atoms with van der Waals surface area (Å²) < 4.78 is 37.1. The Morgan fingerprint density at radius 3 is 2.69 bits per heavy atom. The van der Waals surface area contributed by atoms with E-state index in [-0.39, 0.29) is 11.4 Å². The summed E-state index contributed by atoms with van der Waals surface area (Å²) in [6.45, 7) is 3.33. The predicted molar refractivity (Wildman–Crippen MR) is 55.5 cm³/mol. The number of nitrogens with zero attached hydrogens (tertiary/aromatic N) is 1. The van der Waals surface area contributed by atoms with E-state index < -0.39 is 11.7 Å². The first-order chi connectivity index (χ1) is 7.45. The van der Waals surface area contributed by atoms with Gasteiger partial charge in [-0.05, 0) is 12.1 Å². The van der Waals surface area contributed by atoms with Crippen LogP contribution in [0.25, 0.3) is 0 Å². The van der Waals surface area contributed by atoms with Crippen LogP contribution >= 0.6 is 0 Å². The number of hydrogen-bond donors (Lipinski definition) is 2. The number of alkyl halides is 3. The average Bonchev–Trinajstić information content (AvgIpc) is 2.25. The monoisotopic (exact) mass is 229 g/mol. The molecule has 0 atom stereocenters. The number of hydrogen-bond acceptors (Lipinski definition) is 2. The van der Waals surface area contributed by atoms with E-state index in [0.29, 0.717) is 0 Å². The number of nitrogens with two attached hydrogens (primary N) is 1. The summed E-state index contributed by atoms with van der Waals surface area (Å²) in [5, 5.41) is 3.60. The lowest BCUT2D eigenvalue weighted by atomic mass is 10.1. The molecule has 0 aliphatic carbocycles. The van der Waals surface area contributed by atoms with Crippen molar-refractivity contribution in [2.75, 3.05) is 0 Å². The molecule has 0 aliphatic heterocycles. The van der Waals surface area contributed by atoms with Gasteiger partial charge in [0.25, 0.3) is 0 Å². The third-order valence-corrected chi connectivity index (χ3v) is 1.76. The van der Waals surface area contributed by atoms with E-state index in [1.165, 1.54) is 18.3 Å². The smallest absolute Gasteiger partial charge is 0.382 e. The highest BCUT2D eigenvalue weighted by Crippen LogP contribution is 2.29. The van der Waals surface area contributed by atoms with Gasteiger partial charge in [0.1, 0.15) is 0 Å². The van der Waals surface area contributed by atoms with Crippen LogP contribution in [0.1, 0.15) is 11.1 Å². The van der Waals surface area contributed by atoms with Crippen molar-refractivity contribution in [3.8, 4) is 0 Å². The SMILES string of the molecule is C=CN/N=C(\N)c1cccc(C(F)(F)F)c1. The minimum absolute atomic E-state index is 0.0361. The van der Waals surface area contributed by atoms with Crippen LogP contribution in [0, 0.1) is 0 Å². The Kier molecular flexibility index (Phi) is 3.55. The van der Waals surface area contributed by atoms with E-state index in [0.717, 1.165) is 12.1 Å². The molecule has 6 heteroatoms. The minimum atomic E-state index is -4.39. The van der Waals surface area contributed by atoms with Gasteiger partial charge in [-0.1, -0.05) is 18.7 Å². The molecular weight excluding hydrogens is 219 g/mol. The summed E-state index contributed by atoms with van der Waals surface area (Å²) in [4.78, 5) is 0. The van der Waals surface area contributed by atoms with Gasteiger partial charge in [-0.25, -0.2) is 0 Å². The van der Waals surface area contributed by atoms with E-state index >= 15 is 0 Å². The molecule has 16 heavy (non-hydrogen) atoms. The van der Waals surface area contributed by atoms with E-state index in [4.69, 9.17) is 5.73 Å². The Labute approximate surface area is 90.5 Å². The Morgan fingerprint density at radius 2 is 2.12 bits per heavy atom. The molecule has 3 nitrogen and oxygen atoms in total. The van der Waals surface area contributed by atoms with Crippen molar-refractivity contribution in [1.82, 2.24) is 5.43 Å². The number of rotatable bonds is 3. The van der Waals surface area contributed by atoms with Crippen molar-refractivity contribution in [3.63, 3.8) is 0 Å². The fourth-order valence-electron chi connectivity index (χ4n) is 1.03. The van der Waals surface area contributed by atoms with Crippen molar-refractivity contribution in [3.05, 3.63) is 48.2 Å². The van der Waals surface area contributed by atoms with E-state index in [9.17, 15) is 13.2 Å². The van der Waals surface area contributed by atoms with Crippen molar-refractivity contribution in [2.24, 2.45) is 10.8 Å². The first kappa shape index (κ1) is 12.1. The largest absolute Gasteiger partial charge is 0.416 e. The van der Waals surface area contributed by atoms with Gasteiger partial charge in [0, 0.05) is 11.8 Å². The zero-order valence-corrected chi connectivity index (χ0v) is 8.25. The normalized spacial score (nSPS) is 12.3. The molecule has 0 heterocycles. The topological polar surface area (TPSA) is 50.4 Å². The van der Waals surface area contributed by atoms with Gasteiger partial charge in [-0.3, -0.25) is 5.43 Å². The van der Waals surface area contributed by atoms with Gasteiger partial charge in [0.05, 0.1) is 5.56 Å². The summed E-state index contributed by atoms with van der Waals surface area (Å²) in [5.41, 5.74) is 7.25. The highest BCUT2D eigenvalue weighted by Gasteiger charge is 2.30. The molecule has 86 valence electrons. The lowest BCUT2D eigenvalue weighted by molar-refractivity contribution is -0.137. The Morgan fingerprint density at radius 1 is 1.44 bits per heavy atom. The van der Waals surface area contributed by atoms with Crippen LogP contribution < -0.4 is 11.2 Å². The van der Waals surface area contributed by atoms with Gasteiger partial charge in [0.15, 0.2) is 5.84 Å². The van der Waals surface area contributed by atoms with Crippen LogP contribution in [0.5, 0.6) is 0 Å². The molecule has 3 N–H and O–H groups in total. The number of hydrazone groups is 1. The molecule has 0 unspecified atom stereocenters. The molecule has 0 bridgehead atoms. The quantitative estimate of drug-likeness (QED) is 0.473. The lowest BCUT2D eigenvalue weighted by Gasteiger charge is -2.08. The summed E-state index contributed by atoms with van der Waals surface area (Å²) in [7, 11) is 0. The van der Waals surface area contributed by atoms with Gasteiger partial charge in [-0.2, -0.15) is 18.3 Å². The highest BCUT2D eigenvalue weighted by atomic mass is 19.4. The summed E-state index contributed by atoms with van der Waals surface area (Å²) in [6.07, 6.45) is -3.12. The molecule has 0 aliphatic rings. The molecule has 0 saturated heterocycles. The molecule has 0 radical (unpaired) electrons. The summed E-state index contributed by atoms with van der Waals surface area (Å²) in [5.74, 6) is -0.0361. The maximum Gasteiger partial charge on any atom is 0.416 e. The van der Waals surface area contributed by atoms with E-state index in [1.807, 2.05) is 0 Å². The second-order valence-electron chi connectivity index (χ2n) is 2.91. The molecule has 1 aromatic carbocycles. The first-order valence-electron chi connectivity index (χ1n) is 4.32. The van der Waals surface area contributed by atoms with Crippen molar-refractivity contribution in [1.29, 1.82) is 0 Å². The van der Waals surface area contributed by atoms with Crippen LogP contribution in [0.4, 0.5) is 13.2 Å². The van der Waals surface area contributed by atoms with E-state index in [1.54, 1.807) is 0 Å². The van der Waals surface area contributed by atoms with Crippen molar-refractivity contribution < 1.29 is 13.2 Å². The van der Waals surface area contributed by atoms with Gasteiger partial charge < -0.3 is 5.73 Å². The van der Waals surface area contributed by atoms with Crippen LogP contribution in [-0.2, 0) is 6.18 Å². The third-order valence-electron chi connectivity index (χ3n) is 1.76. The maximum absolute atomic E-state index is 12.4. The second kappa shape index (κ2) is 4.69. The molecule has 0 amide bonds. The van der Waals surface area contributed by atoms with Gasteiger partial charge in [-0.15, -0.1) is 0 Å². The molecular formula is C10H10F3N3. The summed E-state index contributed by atoms with van der Waals surface area (Å²) in [6, 6.07) is 4.62. The van der Waals surface area contributed by atoms with Crippen molar-refractivity contribution >= 4 is 5.84 Å². The van der Waals surface area contributed by atoms with Crippen LogP contribution in [0.2, 0.25) is 0 Å². The second-order valence-corrected chi connectivity index (χ2v) is 2.91. The molecule has 1 aromatic rings. The number of halogens is 3. The minimum Gasteiger partial charge on any atom is -0.382 e. The number of benzene rings is 1. The van der Waals surface area contributed by atoms with Gasteiger partial charge >= 0.3 is 6.18 Å². The van der Waals surface area contributed by atoms with E-state index in [2.05, 4.69) is 17.1 Å². The third kappa shape index (κ3) is 3.01.